The van der Waals surface area contributed by atoms with E-state index in [4.69, 9.17) is 0 Å². The molecule has 0 radical (unpaired) electrons. The van der Waals surface area contributed by atoms with Crippen LogP contribution < -0.4 is 0 Å². The summed E-state index contributed by atoms with van der Waals surface area (Å²) in [6, 6.07) is 0. The maximum atomic E-state index is 15.3. The molecule has 8 atom stereocenters. The van der Waals surface area contributed by atoms with Gasteiger partial charge >= 0.3 is 0 Å². The van der Waals surface area contributed by atoms with Gasteiger partial charge in [-0.3, -0.25) is 4.79 Å². The van der Waals surface area contributed by atoms with Gasteiger partial charge in [-0.2, -0.15) is 0 Å². The largest absolute Gasteiger partial charge is 0.393 e. The minimum Gasteiger partial charge on any atom is -0.393 e. The second-order valence-electron chi connectivity index (χ2n) is 9.14. The summed E-state index contributed by atoms with van der Waals surface area (Å²) in [5.41, 5.74) is -0.209. The Morgan fingerprint density at radius 3 is 2.68 bits per heavy atom. The fourth-order valence-electron chi connectivity index (χ4n) is 7.07. The Morgan fingerprint density at radius 2 is 1.91 bits per heavy atom. The van der Waals surface area contributed by atoms with Gasteiger partial charge < -0.3 is 5.11 Å². The van der Waals surface area contributed by atoms with Crippen LogP contribution in [0, 0.1) is 34.5 Å². The molecular weight excluding hydrogens is 278 g/mol. The van der Waals surface area contributed by atoms with Gasteiger partial charge in [0.25, 0.3) is 0 Å². The van der Waals surface area contributed by atoms with Crippen LogP contribution in [-0.2, 0) is 4.79 Å². The van der Waals surface area contributed by atoms with Crippen molar-refractivity contribution >= 4 is 5.78 Å². The number of Topliss-reactive ketones (excluding diaryl/α,β-unsaturated/α-hetero) is 1. The van der Waals surface area contributed by atoms with Crippen molar-refractivity contribution < 1.29 is 14.3 Å². The van der Waals surface area contributed by atoms with Crippen LogP contribution in [0.4, 0.5) is 4.39 Å². The molecule has 0 aliphatic heterocycles. The molecule has 4 fully saturated rings. The van der Waals surface area contributed by atoms with E-state index in [1.165, 1.54) is 0 Å². The van der Waals surface area contributed by atoms with E-state index in [9.17, 15) is 9.90 Å². The summed E-state index contributed by atoms with van der Waals surface area (Å²) in [5, 5.41) is 10.4. The van der Waals surface area contributed by atoms with Crippen LogP contribution in [0.3, 0.4) is 0 Å². The first-order valence-electron chi connectivity index (χ1n) is 9.20. The van der Waals surface area contributed by atoms with Crippen LogP contribution in [0.5, 0.6) is 0 Å². The molecule has 1 N–H and O–H groups in total. The molecule has 22 heavy (non-hydrogen) atoms. The summed E-state index contributed by atoms with van der Waals surface area (Å²) in [5.74, 6) is 1.79. The summed E-state index contributed by atoms with van der Waals surface area (Å²) in [6.07, 6.45) is 5.64. The Balaban J connectivity index is 1.69. The maximum Gasteiger partial charge on any atom is 0.133 e. The summed E-state index contributed by atoms with van der Waals surface area (Å²) in [6.45, 7) is 4.39. The molecule has 2 nitrogen and oxygen atoms in total. The maximum absolute atomic E-state index is 15.3. The van der Waals surface area contributed by atoms with E-state index in [1.54, 1.807) is 0 Å². The van der Waals surface area contributed by atoms with Crippen LogP contribution in [0.15, 0.2) is 0 Å². The number of hydrogen-bond donors (Lipinski definition) is 1. The number of aliphatic hydroxyl groups excluding tert-OH is 1. The molecular formula is C19H29FO2. The zero-order valence-corrected chi connectivity index (χ0v) is 13.9. The third kappa shape index (κ3) is 1.84. The highest BCUT2D eigenvalue weighted by molar-refractivity contribution is 5.79. The summed E-state index contributed by atoms with van der Waals surface area (Å²) >= 11 is 0. The smallest absolute Gasteiger partial charge is 0.133 e. The molecule has 0 heterocycles. The highest BCUT2D eigenvalue weighted by Crippen LogP contribution is 2.66. The summed E-state index contributed by atoms with van der Waals surface area (Å²) in [7, 11) is 0. The Morgan fingerprint density at radius 1 is 1.14 bits per heavy atom. The molecule has 3 unspecified atom stereocenters. The van der Waals surface area contributed by atoms with Crippen molar-refractivity contribution in [3.8, 4) is 0 Å². The number of rotatable bonds is 0. The van der Waals surface area contributed by atoms with Crippen molar-refractivity contribution in [2.24, 2.45) is 34.5 Å². The molecule has 0 aromatic heterocycles. The number of hydrogen-bond acceptors (Lipinski definition) is 2. The summed E-state index contributed by atoms with van der Waals surface area (Å²) < 4.78 is 15.3. The molecule has 4 saturated carbocycles. The van der Waals surface area contributed by atoms with Crippen LogP contribution in [0.25, 0.3) is 0 Å². The number of carbonyl (C=O) groups is 1. The predicted molar refractivity (Wildman–Crippen MR) is 83.0 cm³/mol. The van der Waals surface area contributed by atoms with Crippen molar-refractivity contribution in [1.29, 1.82) is 0 Å². The standard InChI is InChI=1S/C19H29FO2/c1-18-8-7-12(21)9-11(18)3-4-13-14-5-6-16(22)19(14,2)10-15(20)17(13)18/h11,13-17,22H,3-10H2,1-2H3/t11-,13?,14?,15-,16-,17?,18-,19-/m0/s1/i20-1. The second kappa shape index (κ2) is 4.78. The van der Waals surface area contributed by atoms with Gasteiger partial charge in [0.15, 0.2) is 0 Å². The fourth-order valence-corrected chi connectivity index (χ4v) is 7.07. The van der Waals surface area contributed by atoms with Crippen LogP contribution in [-0.4, -0.2) is 23.2 Å². The normalized spacial score (nSPS) is 57.9. The number of alkyl halides is 1. The number of carbonyl (C=O) groups excluding carboxylic acids is 1. The van der Waals surface area contributed by atoms with E-state index < -0.39 is 6.17 Å². The number of fused-ring (bicyclic) bond motifs is 5. The van der Waals surface area contributed by atoms with E-state index in [1.807, 2.05) is 0 Å². The molecule has 0 saturated heterocycles. The van der Waals surface area contributed by atoms with Crippen molar-refractivity contribution in [3.05, 3.63) is 0 Å². The molecule has 0 spiro atoms. The van der Waals surface area contributed by atoms with Gasteiger partial charge in [-0.15, -0.1) is 0 Å². The highest BCUT2D eigenvalue weighted by atomic mass is 18.2. The molecule has 4 rings (SSSR count). The van der Waals surface area contributed by atoms with Crippen LogP contribution in [0.2, 0.25) is 0 Å². The lowest BCUT2D eigenvalue weighted by atomic mass is 9.44. The minimum absolute atomic E-state index is 0.00508. The lowest BCUT2D eigenvalue weighted by molar-refractivity contribution is -0.161. The van der Waals surface area contributed by atoms with E-state index >= 15 is 4.39 Å². The first-order valence-corrected chi connectivity index (χ1v) is 9.20. The molecule has 0 bridgehead atoms. The topological polar surface area (TPSA) is 37.3 Å². The average Bonchev–Trinajstić information content (AvgIpc) is 2.75. The summed E-state index contributed by atoms with van der Waals surface area (Å²) in [4.78, 5) is 11.9. The zero-order valence-electron chi connectivity index (χ0n) is 13.9. The fraction of sp³-hybridized carbons (Fsp3) is 0.947. The van der Waals surface area contributed by atoms with Crippen molar-refractivity contribution in [1.82, 2.24) is 0 Å². The molecule has 3 heteroatoms. The van der Waals surface area contributed by atoms with E-state index in [0.29, 0.717) is 42.8 Å². The Hall–Kier alpha value is -0.440. The number of aliphatic hydroxyl groups is 1. The third-order valence-electron chi connectivity index (χ3n) is 8.32. The lowest BCUT2D eigenvalue weighted by Gasteiger charge is -2.60. The van der Waals surface area contributed by atoms with Crippen LogP contribution >= 0.6 is 0 Å². The predicted octanol–water partition coefficient (Wildman–Crippen LogP) is 3.91. The molecule has 124 valence electrons. The average molecular weight is 307 g/mol. The van der Waals surface area contributed by atoms with Gasteiger partial charge in [0.2, 0.25) is 0 Å². The molecule has 4 aliphatic carbocycles. The van der Waals surface area contributed by atoms with E-state index in [-0.39, 0.29) is 22.9 Å². The van der Waals surface area contributed by atoms with Gasteiger partial charge in [0, 0.05) is 12.8 Å². The van der Waals surface area contributed by atoms with Gasteiger partial charge in [0.1, 0.15) is 12.0 Å². The van der Waals surface area contributed by atoms with Crippen LogP contribution in [0.1, 0.15) is 65.2 Å². The lowest BCUT2D eigenvalue weighted by Crippen LogP contribution is -2.58. The Labute approximate surface area is 132 Å². The van der Waals surface area contributed by atoms with Gasteiger partial charge in [-0.25, -0.2) is 4.39 Å². The quantitative estimate of drug-likeness (QED) is 0.737. The number of halogens is 1. The monoisotopic (exact) mass is 307 g/mol. The van der Waals surface area contributed by atoms with Crippen molar-refractivity contribution in [2.45, 2.75) is 77.5 Å². The van der Waals surface area contributed by atoms with E-state index in [0.717, 1.165) is 32.1 Å². The number of ketones is 1. The first-order chi connectivity index (χ1) is 10.4. The zero-order chi connectivity index (χ0) is 15.7. The first kappa shape index (κ1) is 15.1. The van der Waals surface area contributed by atoms with Gasteiger partial charge in [-0.1, -0.05) is 13.8 Å². The Kier molecular flexibility index (Phi) is 3.28. The van der Waals surface area contributed by atoms with Gasteiger partial charge in [0.05, 0.1) is 6.10 Å². The van der Waals surface area contributed by atoms with E-state index in [2.05, 4.69) is 13.8 Å². The SMILES string of the molecule is C[C@]12C[C@H]([18F])C3C(CC[C@H]4CC(=O)CC[C@]34C)C1CC[C@@H]2O. The van der Waals surface area contributed by atoms with Gasteiger partial charge in [-0.05, 0) is 73.0 Å². The molecule has 0 amide bonds. The third-order valence-corrected chi connectivity index (χ3v) is 8.32. The van der Waals surface area contributed by atoms with Crippen molar-refractivity contribution in [3.63, 3.8) is 0 Å². The molecule has 0 aromatic rings. The Bertz CT molecular complexity index is 492. The molecule has 4 aliphatic rings. The highest BCUT2D eigenvalue weighted by Gasteiger charge is 2.63. The van der Waals surface area contributed by atoms with Crippen molar-refractivity contribution in [2.75, 3.05) is 0 Å². The second-order valence-corrected chi connectivity index (χ2v) is 9.14. The minimum atomic E-state index is -0.806. The molecule has 0 aromatic carbocycles.